The van der Waals surface area contributed by atoms with Gasteiger partial charge in [-0.25, -0.2) is 0 Å². The molecule has 0 aromatic carbocycles. The molecule has 7 heavy (non-hydrogen) atoms. The molecular formula is C2H4FNO2S. The van der Waals surface area contributed by atoms with Crippen LogP contribution in [0.25, 0.3) is 0 Å². The molecule has 3 nitrogen and oxygen atoms in total. The molecule has 0 aliphatic rings. The third-order valence-electron chi connectivity index (χ3n) is 0.224. The van der Waals surface area contributed by atoms with Gasteiger partial charge in [0.15, 0.2) is 0 Å². The Kier molecular flexibility index (Phi) is 1.76. The van der Waals surface area contributed by atoms with Crippen molar-refractivity contribution < 1.29 is 12.3 Å². The second-order valence-corrected chi connectivity index (χ2v) is 1.87. The summed E-state index contributed by atoms with van der Waals surface area (Å²) in [7, 11) is -4.54. The molecule has 0 rings (SSSR count). The average Bonchev–Trinajstić information content (AvgIpc) is 1.30. The zero-order chi connectivity index (χ0) is 5.91. The number of hydrogen-bond acceptors (Lipinski definition) is 2. The van der Waals surface area contributed by atoms with Gasteiger partial charge in [-0.05, 0) is 0 Å². The minimum Gasteiger partial charge on any atom is -0.265 e. The topological polar surface area (TPSA) is 46.2 Å². The van der Waals surface area contributed by atoms with Gasteiger partial charge >= 0.3 is 10.4 Å². The summed E-state index contributed by atoms with van der Waals surface area (Å²) in [5, 5.41) is 0. The molecule has 0 amide bonds. The van der Waals surface area contributed by atoms with E-state index in [0.717, 1.165) is 6.20 Å². The van der Waals surface area contributed by atoms with Gasteiger partial charge in [0.1, 0.15) is 0 Å². The van der Waals surface area contributed by atoms with Crippen molar-refractivity contribution in [2.75, 3.05) is 0 Å². The Morgan fingerprint density at radius 1 is 1.71 bits per heavy atom. The molecule has 0 radical (unpaired) electrons. The third-order valence-corrected chi connectivity index (χ3v) is 0.672. The predicted octanol–water partition coefficient (Wildman–Crippen LogP) is -0.0662. The predicted molar refractivity (Wildman–Crippen MR) is 23.4 cm³/mol. The molecule has 0 saturated carbocycles. The molecule has 0 aromatic rings. The van der Waals surface area contributed by atoms with E-state index < -0.39 is 10.4 Å². The van der Waals surface area contributed by atoms with Crippen molar-refractivity contribution >= 4 is 10.4 Å². The summed E-state index contributed by atoms with van der Waals surface area (Å²) >= 11 is 0. The van der Waals surface area contributed by atoms with Crippen LogP contribution in [0.1, 0.15) is 0 Å². The van der Waals surface area contributed by atoms with E-state index >= 15 is 0 Å². The maximum Gasteiger partial charge on any atom is 0.396 e. The first-order chi connectivity index (χ1) is 3.06. The summed E-state index contributed by atoms with van der Waals surface area (Å²) in [5.41, 5.74) is 0. The van der Waals surface area contributed by atoms with Crippen LogP contribution in [0.15, 0.2) is 12.8 Å². The standard InChI is InChI=1S/C2H4FNO2S/c1-2-4-7(3,5)6/h2,4H,1H2. The summed E-state index contributed by atoms with van der Waals surface area (Å²) in [4.78, 5) is 0. The first kappa shape index (κ1) is 6.42. The minimum atomic E-state index is -4.54. The monoisotopic (exact) mass is 125 g/mol. The van der Waals surface area contributed by atoms with Crippen molar-refractivity contribution in [3.63, 3.8) is 0 Å². The van der Waals surface area contributed by atoms with Gasteiger partial charge in [-0.15, -0.1) is 0 Å². The smallest absolute Gasteiger partial charge is 0.265 e. The number of hydrogen-bond donors (Lipinski definition) is 1. The number of halogens is 1. The maximum atomic E-state index is 11.2. The normalized spacial score (nSPS) is 10.4. The molecule has 0 aliphatic heterocycles. The van der Waals surface area contributed by atoms with Gasteiger partial charge in [0.25, 0.3) is 0 Å². The van der Waals surface area contributed by atoms with Crippen LogP contribution in [0.4, 0.5) is 3.89 Å². The molecule has 0 unspecified atom stereocenters. The largest absolute Gasteiger partial charge is 0.396 e. The lowest BCUT2D eigenvalue weighted by Crippen LogP contribution is -2.09. The first-order valence-corrected chi connectivity index (χ1v) is 2.77. The fraction of sp³-hybridized carbons (Fsp3) is 0. The Hall–Kier alpha value is -0.580. The lowest BCUT2D eigenvalue weighted by molar-refractivity contribution is 0.545. The molecule has 0 saturated heterocycles. The lowest BCUT2D eigenvalue weighted by atomic mass is 11.1. The van der Waals surface area contributed by atoms with Gasteiger partial charge in [-0.1, -0.05) is 10.5 Å². The van der Waals surface area contributed by atoms with Crippen molar-refractivity contribution in [2.45, 2.75) is 0 Å². The second-order valence-electron chi connectivity index (χ2n) is 0.760. The molecule has 0 fully saturated rings. The van der Waals surface area contributed by atoms with Gasteiger partial charge in [0, 0.05) is 6.20 Å². The van der Waals surface area contributed by atoms with Crippen LogP contribution in [-0.4, -0.2) is 8.42 Å². The van der Waals surface area contributed by atoms with Crippen molar-refractivity contribution in [3.05, 3.63) is 12.8 Å². The van der Waals surface area contributed by atoms with E-state index in [0.29, 0.717) is 0 Å². The minimum absolute atomic E-state index is 0.745. The van der Waals surface area contributed by atoms with Crippen molar-refractivity contribution in [1.29, 1.82) is 0 Å². The Morgan fingerprint density at radius 2 is 2.14 bits per heavy atom. The van der Waals surface area contributed by atoms with Gasteiger partial charge in [0.2, 0.25) is 0 Å². The van der Waals surface area contributed by atoms with Crippen LogP contribution in [-0.2, 0) is 10.4 Å². The molecule has 0 spiro atoms. The molecule has 5 heteroatoms. The van der Waals surface area contributed by atoms with E-state index in [4.69, 9.17) is 0 Å². The Morgan fingerprint density at radius 3 is 2.14 bits per heavy atom. The van der Waals surface area contributed by atoms with Crippen LogP contribution in [0.2, 0.25) is 0 Å². The van der Waals surface area contributed by atoms with Crippen molar-refractivity contribution in [2.24, 2.45) is 0 Å². The van der Waals surface area contributed by atoms with Crippen LogP contribution in [0.3, 0.4) is 0 Å². The van der Waals surface area contributed by atoms with Crippen LogP contribution < -0.4 is 4.72 Å². The van der Waals surface area contributed by atoms with Gasteiger partial charge in [-0.3, -0.25) is 4.72 Å². The quantitative estimate of drug-likeness (QED) is 0.525. The number of rotatable bonds is 2. The molecule has 1 N–H and O–H groups in total. The molecular weight excluding hydrogens is 121 g/mol. The summed E-state index contributed by atoms with van der Waals surface area (Å²) in [6, 6.07) is 0. The lowest BCUT2D eigenvalue weighted by Gasteiger charge is -1.84. The highest BCUT2D eigenvalue weighted by molar-refractivity contribution is 7.84. The molecule has 42 valence electrons. The van der Waals surface area contributed by atoms with Crippen LogP contribution in [0.5, 0.6) is 0 Å². The van der Waals surface area contributed by atoms with E-state index in [9.17, 15) is 12.3 Å². The summed E-state index contributed by atoms with van der Waals surface area (Å²) < 4.78 is 31.3. The number of nitrogens with one attached hydrogen (secondary N) is 1. The fourth-order valence-electron chi connectivity index (χ4n) is 0.0995. The highest BCUT2D eigenvalue weighted by Crippen LogP contribution is 1.78. The molecule has 0 atom stereocenters. The molecule has 0 bridgehead atoms. The SMILES string of the molecule is C=CNS(=O)(=O)F. The summed E-state index contributed by atoms with van der Waals surface area (Å²) in [6.45, 7) is 2.92. The first-order valence-electron chi connectivity index (χ1n) is 1.39. The Labute approximate surface area is 41.2 Å². The Balaban J connectivity index is 3.84. The molecule has 0 aliphatic carbocycles. The van der Waals surface area contributed by atoms with Gasteiger partial charge < -0.3 is 0 Å². The molecule has 0 aromatic heterocycles. The zero-order valence-corrected chi connectivity index (χ0v) is 4.20. The third kappa shape index (κ3) is 5.42. The summed E-state index contributed by atoms with van der Waals surface area (Å²) in [5.74, 6) is 0. The fourth-order valence-corrected chi connectivity index (χ4v) is 0.299. The maximum absolute atomic E-state index is 11.2. The van der Waals surface area contributed by atoms with E-state index in [-0.39, 0.29) is 0 Å². The van der Waals surface area contributed by atoms with E-state index in [1.54, 1.807) is 0 Å². The van der Waals surface area contributed by atoms with Crippen molar-refractivity contribution in [1.82, 2.24) is 4.72 Å². The summed E-state index contributed by atoms with van der Waals surface area (Å²) in [6.07, 6.45) is 0.745. The second kappa shape index (κ2) is 1.92. The van der Waals surface area contributed by atoms with Crippen LogP contribution >= 0.6 is 0 Å². The van der Waals surface area contributed by atoms with Crippen LogP contribution in [0, 0.1) is 0 Å². The van der Waals surface area contributed by atoms with Gasteiger partial charge in [0.05, 0.1) is 0 Å². The van der Waals surface area contributed by atoms with E-state index in [1.807, 2.05) is 0 Å². The highest BCUT2D eigenvalue weighted by Gasteiger charge is 1.96. The highest BCUT2D eigenvalue weighted by atomic mass is 32.3. The van der Waals surface area contributed by atoms with E-state index in [2.05, 4.69) is 6.58 Å². The molecule has 0 heterocycles. The van der Waals surface area contributed by atoms with E-state index in [1.165, 1.54) is 4.72 Å². The van der Waals surface area contributed by atoms with Crippen molar-refractivity contribution in [3.8, 4) is 0 Å². The van der Waals surface area contributed by atoms with Gasteiger partial charge in [-0.2, -0.15) is 8.42 Å². The average molecular weight is 125 g/mol. The Bertz CT molecular complexity index is 149. The zero-order valence-electron chi connectivity index (χ0n) is 3.39.